The van der Waals surface area contributed by atoms with Crippen LogP contribution in [0.15, 0.2) is 24.3 Å². The topological polar surface area (TPSA) is 121 Å². The molecule has 0 spiro atoms. The normalized spacial score (nSPS) is 21.0. The SMILES string of the molecule is CC(C)S(=O)(=O)N[C@H]1CC[C@H](C(=O)Nc2ccc(NS(C)(=O)=O)cc2)CC1. The molecule has 0 saturated heterocycles. The molecule has 27 heavy (non-hydrogen) atoms. The van der Waals surface area contributed by atoms with Gasteiger partial charge >= 0.3 is 0 Å². The van der Waals surface area contributed by atoms with Crippen molar-refractivity contribution in [1.82, 2.24) is 4.72 Å². The van der Waals surface area contributed by atoms with E-state index in [1.807, 2.05) is 0 Å². The molecule has 1 saturated carbocycles. The lowest BCUT2D eigenvalue weighted by atomic mass is 9.86. The largest absolute Gasteiger partial charge is 0.326 e. The maximum Gasteiger partial charge on any atom is 0.229 e. The summed E-state index contributed by atoms with van der Waals surface area (Å²) in [6, 6.07) is 6.30. The van der Waals surface area contributed by atoms with E-state index in [9.17, 15) is 21.6 Å². The van der Waals surface area contributed by atoms with Crippen LogP contribution >= 0.6 is 0 Å². The van der Waals surface area contributed by atoms with E-state index in [-0.39, 0.29) is 17.9 Å². The van der Waals surface area contributed by atoms with Gasteiger partial charge in [0.2, 0.25) is 26.0 Å². The van der Waals surface area contributed by atoms with Crippen molar-refractivity contribution in [3.8, 4) is 0 Å². The smallest absolute Gasteiger partial charge is 0.229 e. The highest BCUT2D eigenvalue weighted by Crippen LogP contribution is 2.26. The Morgan fingerprint density at radius 2 is 1.48 bits per heavy atom. The number of rotatable bonds is 7. The molecule has 0 aliphatic heterocycles. The van der Waals surface area contributed by atoms with Crippen LogP contribution in [0.4, 0.5) is 11.4 Å². The van der Waals surface area contributed by atoms with Gasteiger partial charge in [-0.1, -0.05) is 0 Å². The van der Waals surface area contributed by atoms with E-state index in [4.69, 9.17) is 0 Å². The molecule has 0 unspecified atom stereocenters. The first-order valence-electron chi connectivity index (χ1n) is 8.86. The van der Waals surface area contributed by atoms with Crippen LogP contribution in [0, 0.1) is 5.92 Å². The van der Waals surface area contributed by atoms with Crippen LogP contribution in [0.1, 0.15) is 39.5 Å². The molecule has 0 radical (unpaired) electrons. The van der Waals surface area contributed by atoms with E-state index in [0.717, 1.165) is 6.26 Å². The minimum atomic E-state index is -3.34. The lowest BCUT2D eigenvalue weighted by Gasteiger charge is -2.28. The summed E-state index contributed by atoms with van der Waals surface area (Å²) in [4.78, 5) is 12.4. The highest BCUT2D eigenvalue weighted by Gasteiger charge is 2.29. The van der Waals surface area contributed by atoms with Gasteiger partial charge in [-0.25, -0.2) is 21.6 Å². The number of benzene rings is 1. The second kappa shape index (κ2) is 8.57. The van der Waals surface area contributed by atoms with Gasteiger partial charge in [0, 0.05) is 23.3 Å². The van der Waals surface area contributed by atoms with E-state index >= 15 is 0 Å². The Morgan fingerprint density at radius 3 is 1.96 bits per heavy atom. The van der Waals surface area contributed by atoms with E-state index in [2.05, 4.69) is 14.8 Å². The molecule has 10 heteroatoms. The molecule has 0 heterocycles. The van der Waals surface area contributed by atoms with Crippen molar-refractivity contribution < 1.29 is 21.6 Å². The molecule has 1 aromatic rings. The van der Waals surface area contributed by atoms with Gasteiger partial charge in [-0.15, -0.1) is 0 Å². The van der Waals surface area contributed by atoms with Crippen molar-refractivity contribution in [2.75, 3.05) is 16.3 Å². The van der Waals surface area contributed by atoms with E-state index in [1.165, 1.54) is 0 Å². The summed E-state index contributed by atoms with van der Waals surface area (Å²) in [5.41, 5.74) is 1.01. The molecular formula is C17H27N3O5S2. The predicted octanol–water partition coefficient (Wildman–Crippen LogP) is 1.88. The Hall–Kier alpha value is -1.65. The number of carbonyl (C=O) groups excluding carboxylic acids is 1. The number of sulfonamides is 2. The lowest BCUT2D eigenvalue weighted by molar-refractivity contribution is -0.120. The first-order chi connectivity index (χ1) is 12.5. The van der Waals surface area contributed by atoms with Crippen molar-refractivity contribution in [1.29, 1.82) is 0 Å². The van der Waals surface area contributed by atoms with E-state index in [1.54, 1.807) is 38.1 Å². The fourth-order valence-corrected chi connectivity index (χ4v) is 4.46. The molecule has 0 atom stereocenters. The van der Waals surface area contributed by atoms with Crippen molar-refractivity contribution >= 4 is 37.3 Å². The molecule has 8 nitrogen and oxygen atoms in total. The molecule has 1 fully saturated rings. The first kappa shape index (κ1) is 21.6. The Labute approximate surface area is 161 Å². The lowest BCUT2D eigenvalue weighted by Crippen LogP contribution is -2.42. The maximum absolute atomic E-state index is 12.4. The molecule has 1 amide bonds. The molecule has 152 valence electrons. The second-order valence-electron chi connectivity index (χ2n) is 7.20. The van der Waals surface area contributed by atoms with Gasteiger partial charge in [-0.2, -0.15) is 0 Å². The zero-order valence-corrected chi connectivity index (χ0v) is 17.4. The van der Waals surface area contributed by atoms with Crippen molar-refractivity contribution in [2.24, 2.45) is 5.92 Å². The van der Waals surface area contributed by atoms with Crippen LogP contribution in [-0.2, 0) is 24.8 Å². The van der Waals surface area contributed by atoms with Crippen molar-refractivity contribution in [3.63, 3.8) is 0 Å². The number of carbonyl (C=O) groups is 1. The summed E-state index contributed by atoms with van der Waals surface area (Å²) in [5.74, 6) is -0.275. The van der Waals surface area contributed by atoms with E-state index in [0.29, 0.717) is 37.1 Å². The molecule has 1 aliphatic carbocycles. The van der Waals surface area contributed by atoms with Gasteiger partial charge in [0.15, 0.2) is 0 Å². The third-order valence-electron chi connectivity index (χ3n) is 4.51. The standard InChI is InChI=1S/C17H27N3O5S2/c1-12(2)27(24,25)20-16-6-4-13(5-7-16)17(21)18-14-8-10-15(11-9-14)19-26(3,22)23/h8-13,16,19-20H,4-7H2,1-3H3,(H,18,21)/t13-,16-. The fourth-order valence-electron chi connectivity index (χ4n) is 2.92. The Morgan fingerprint density at radius 1 is 0.963 bits per heavy atom. The Kier molecular flexibility index (Phi) is 6.87. The van der Waals surface area contributed by atoms with Gasteiger partial charge in [0.25, 0.3) is 0 Å². The zero-order chi connectivity index (χ0) is 20.2. The minimum absolute atomic E-state index is 0.107. The zero-order valence-electron chi connectivity index (χ0n) is 15.7. The minimum Gasteiger partial charge on any atom is -0.326 e. The van der Waals surface area contributed by atoms with Crippen molar-refractivity contribution in [3.05, 3.63) is 24.3 Å². The van der Waals surface area contributed by atoms with Crippen LogP contribution in [0.3, 0.4) is 0 Å². The monoisotopic (exact) mass is 417 g/mol. The Bertz CT molecular complexity index is 856. The quantitative estimate of drug-likeness (QED) is 0.625. The predicted molar refractivity (Wildman–Crippen MR) is 106 cm³/mol. The summed E-state index contributed by atoms with van der Waals surface area (Å²) in [6.45, 7) is 3.27. The molecule has 2 rings (SSSR count). The number of amides is 1. The fraction of sp³-hybridized carbons (Fsp3) is 0.588. The molecule has 0 bridgehead atoms. The number of nitrogens with one attached hydrogen (secondary N) is 3. The molecular weight excluding hydrogens is 390 g/mol. The van der Waals surface area contributed by atoms with Gasteiger partial charge in [0.05, 0.1) is 11.5 Å². The Balaban J connectivity index is 1.86. The summed E-state index contributed by atoms with van der Waals surface area (Å²) in [6.07, 6.45) is 3.55. The van der Waals surface area contributed by atoms with Gasteiger partial charge in [0.1, 0.15) is 0 Å². The summed E-state index contributed by atoms with van der Waals surface area (Å²) >= 11 is 0. The van der Waals surface area contributed by atoms with Crippen LogP contribution < -0.4 is 14.8 Å². The number of anilines is 2. The van der Waals surface area contributed by atoms with Gasteiger partial charge in [-0.3, -0.25) is 9.52 Å². The third-order valence-corrected chi connectivity index (χ3v) is 7.01. The molecule has 1 aliphatic rings. The van der Waals surface area contributed by atoms with Crippen LogP contribution in [0.2, 0.25) is 0 Å². The number of hydrogen-bond acceptors (Lipinski definition) is 5. The highest BCUT2D eigenvalue weighted by atomic mass is 32.2. The van der Waals surface area contributed by atoms with Crippen molar-refractivity contribution in [2.45, 2.75) is 50.8 Å². The maximum atomic E-state index is 12.4. The van der Waals surface area contributed by atoms with Gasteiger partial charge < -0.3 is 5.32 Å². The molecule has 3 N–H and O–H groups in total. The second-order valence-corrected chi connectivity index (χ2v) is 11.2. The third kappa shape index (κ3) is 6.78. The van der Waals surface area contributed by atoms with Crippen LogP contribution in [0.5, 0.6) is 0 Å². The summed E-state index contributed by atoms with van der Waals surface area (Å²) in [7, 11) is -6.64. The van der Waals surface area contributed by atoms with Gasteiger partial charge in [-0.05, 0) is 63.8 Å². The van der Waals surface area contributed by atoms with Crippen LogP contribution in [-0.4, -0.2) is 40.3 Å². The number of hydrogen-bond donors (Lipinski definition) is 3. The molecule has 0 aromatic heterocycles. The summed E-state index contributed by atoms with van der Waals surface area (Å²) in [5, 5.41) is 2.35. The van der Waals surface area contributed by atoms with Crippen LogP contribution in [0.25, 0.3) is 0 Å². The van der Waals surface area contributed by atoms with E-state index < -0.39 is 25.3 Å². The average molecular weight is 418 g/mol. The summed E-state index contributed by atoms with van der Waals surface area (Å²) < 4.78 is 51.3. The average Bonchev–Trinajstić information content (AvgIpc) is 2.55. The first-order valence-corrected chi connectivity index (χ1v) is 12.3. The molecule has 1 aromatic carbocycles. The highest BCUT2D eigenvalue weighted by molar-refractivity contribution is 7.92.